The summed E-state index contributed by atoms with van der Waals surface area (Å²) in [6, 6.07) is 10.4. The van der Waals surface area contributed by atoms with E-state index in [1.54, 1.807) is 11.9 Å². The Bertz CT molecular complexity index is 598. The van der Waals surface area contributed by atoms with Crippen LogP contribution < -0.4 is 16.0 Å². The fourth-order valence-electron chi connectivity index (χ4n) is 2.52. The van der Waals surface area contributed by atoms with Crippen molar-refractivity contribution in [2.24, 2.45) is 4.99 Å². The highest BCUT2D eigenvalue weighted by Crippen LogP contribution is 2.15. The number of carbonyl (C=O) groups excluding carboxylic acids is 1. The van der Waals surface area contributed by atoms with Crippen LogP contribution in [0.15, 0.2) is 35.3 Å². The first-order chi connectivity index (χ1) is 12.4. The van der Waals surface area contributed by atoms with Crippen molar-refractivity contribution in [3.05, 3.63) is 30.3 Å². The van der Waals surface area contributed by atoms with Gasteiger partial charge >= 0.3 is 6.09 Å². The summed E-state index contributed by atoms with van der Waals surface area (Å²) in [5.41, 5.74) is 0.674. The van der Waals surface area contributed by atoms with Gasteiger partial charge in [0, 0.05) is 38.9 Å². The van der Waals surface area contributed by atoms with Crippen LogP contribution in [0.3, 0.4) is 0 Å². The molecule has 1 aromatic rings. The standard InChI is InChI=1S/C19H31N5O2.HI/c1-19(2,3)26-18(25)24-13-16(14-24)23-17(20-4)22-12-8-11-21-15-9-6-5-7-10-15;/h5-7,9-10,16,21H,8,11-14H2,1-4H3,(H2,20,22,23);1H. The van der Waals surface area contributed by atoms with E-state index in [0.717, 1.165) is 31.2 Å². The Morgan fingerprint density at radius 1 is 1.22 bits per heavy atom. The number of nitrogens with one attached hydrogen (secondary N) is 3. The predicted molar refractivity (Wildman–Crippen MR) is 121 cm³/mol. The molecule has 0 atom stereocenters. The average molecular weight is 489 g/mol. The molecule has 2 rings (SSSR count). The van der Waals surface area contributed by atoms with Gasteiger partial charge in [-0.2, -0.15) is 0 Å². The Morgan fingerprint density at radius 2 is 1.89 bits per heavy atom. The Balaban J connectivity index is 0.00000364. The summed E-state index contributed by atoms with van der Waals surface area (Å²) < 4.78 is 5.36. The monoisotopic (exact) mass is 489 g/mol. The van der Waals surface area contributed by atoms with Crippen LogP contribution in [-0.4, -0.2) is 61.8 Å². The maximum absolute atomic E-state index is 11.9. The molecule has 1 aliphatic heterocycles. The number of amides is 1. The molecule has 0 aromatic heterocycles. The lowest BCUT2D eigenvalue weighted by Crippen LogP contribution is -2.63. The summed E-state index contributed by atoms with van der Waals surface area (Å²) in [7, 11) is 1.75. The highest BCUT2D eigenvalue weighted by atomic mass is 127. The minimum Gasteiger partial charge on any atom is -0.444 e. The van der Waals surface area contributed by atoms with Crippen LogP contribution >= 0.6 is 24.0 Å². The van der Waals surface area contributed by atoms with E-state index in [0.29, 0.717) is 13.1 Å². The third-order valence-electron chi connectivity index (χ3n) is 3.85. The average Bonchev–Trinajstić information content (AvgIpc) is 2.54. The number of guanidine groups is 1. The van der Waals surface area contributed by atoms with Crippen LogP contribution in [0.4, 0.5) is 10.5 Å². The van der Waals surface area contributed by atoms with Crippen molar-refractivity contribution in [3.8, 4) is 0 Å². The predicted octanol–water partition coefficient (Wildman–Crippen LogP) is 2.89. The second-order valence-electron chi connectivity index (χ2n) is 7.37. The molecule has 0 bridgehead atoms. The normalized spacial score (nSPS) is 14.7. The maximum Gasteiger partial charge on any atom is 0.410 e. The van der Waals surface area contributed by atoms with Crippen LogP contribution in [0.25, 0.3) is 0 Å². The van der Waals surface area contributed by atoms with Crippen LogP contribution in [0.5, 0.6) is 0 Å². The number of aliphatic imine (C=N–C) groups is 1. The van der Waals surface area contributed by atoms with E-state index >= 15 is 0 Å². The SMILES string of the molecule is CN=C(NCCCNc1ccccc1)NC1CN(C(=O)OC(C)(C)C)C1.I. The number of ether oxygens (including phenoxy) is 1. The zero-order valence-electron chi connectivity index (χ0n) is 16.6. The van der Waals surface area contributed by atoms with Gasteiger partial charge in [0.15, 0.2) is 5.96 Å². The summed E-state index contributed by atoms with van der Waals surface area (Å²) in [6.45, 7) is 8.60. The van der Waals surface area contributed by atoms with Crippen molar-refractivity contribution < 1.29 is 9.53 Å². The lowest BCUT2D eigenvalue weighted by atomic mass is 10.1. The van der Waals surface area contributed by atoms with Gasteiger partial charge in [0.1, 0.15) is 5.60 Å². The van der Waals surface area contributed by atoms with Crippen molar-refractivity contribution in [2.45, 2.75) is 38.8 Å². The lowest BCUT2D eigenvalue weighted by molar-refractivity contribution is 0.00701. The molecule has 1 aromatic carbocycles. The summed E-state index contributed by atoms with van der Waals surface area (Å²) in [5, 5.41) is 10.0. The first-order valence-electron chi connectivity index (χ1n) is 9.11. The third-order valence-corrected chi connectivity index (χ3v) is 3.85. The molecule has 1 fully saturated rings. The van der Waals surface area contributed by atoms with Gasteiger partial charge in [-0.15, -0.1) is 24.0 Å². The molecule has 0 aliphatic carbocycles. The molecule has 0 unspecified atom stereocenters. The fraction of sp³-hybridized carbons (Fsp3) is 0.579. The molecule has 3 N–H and O–H groups in total. The van der Waals surface area contributed by atoms with E-state index in [-0.39, 0.29) is 36.1 Å². The van der Waals surface area contributed by atoms with E-state index in [2.05, 4.69) is 33.1 Å². The van der Waals surface area contributed by atoms with Gasteiger partial charge in [-0.3, -0.25) is 4.99 Å². The summed E-state index contributed by atoms with van der Waals surface area (Å²) in [6.07, 6.45) is 0.718. The zero-order chi connectivity index (χ0) is 19.0. The van der Waals surface area contributed by atoms with Crippen molar-refractivity contribution in [1.82, 2.24) is 15.5 Å². The number of carbonyl (C=O) groups is 1. The Kier molecular flexibility index (Phi) is 9.68. The van der Waals surface area contributed by atoms with E-state index in [4.69, 9.17) is 4.74 Å². The number of nitrogens with zero attached hydrogens (tertiary/aromatic N) is 2. The number of halogens is 1. The molecular formula is C19H32IN5O2. The Labute approximate surface area is 179 Å². The van der Waals surface area contributed by atoms with Crippen LogP contribution in [0.1, 0.15) is 27.2 Å². The van der Waals surface area contributed by atoms with Crippen LogP contribution in [-0.2, 0) is 4.74 Å². The molecule has 0 saturated carbocycles. The largest absolute Gasteiger partial charge is 0.444 e. The topological polar surface area (TPSA) is 78.0 Å². The van der Waals surface area contributed by atoms with Gasteiger partial charge < -0.3 is 25.6 Å². The fourth-order valence-corrected chi connectivity index (χ4v) is 2.52. The lowest BCUT2D eigenvalue weighted by Gasteiger charge is -2.40. The Morgan fingerprint density at radius 3 is 2.48 bits per heavy atom. The van der Waals surface area contributed by atoms with Gasteiger partial charge in [0.25, 0.3) is 0 Å². The first kappa shape index (κ1) is 23.3. The van der Waals surface area contributed by atoms with Crippen molar-refractivity contribution in [2.75, 3.05) is 38.5 Å². The molecular weight excluding hydrogens is 457 g/mol. The number of rotatable bonds is 6. The molecule has 8 heteroatoms. The summed E-state index contributed by atoms with van der Waals surface area (Å²) >= 11 is 0. The molecule has 0 radical (unpaired) electrons. The molecule has 1 heterocycles. The van der Waals surface area contributed by atoms with Gasteiger partial charge in [-0.25, -0.2) is 4.79 Å². The van der Waals surface area contributed by atoms with E-state index in [9.17, 15) is 4.79 Å². The zero-order valence-corrected chi connectivity index (χ0v) is 18.9. The van der Waals surface area contributed by atoms with Gasteiger partial charge in [0.2, 0.25) is 0 Å². The quantitative estimate of drug-likeness (QED) is 0.248. The second-order valence-corrected chi connectivity index (χ2v) is 7.37. The van der Waals surface area contributed by atoms with Crippen molar-refractivity contribution in [1.29, 1.82) is 0 Å². The molecule has 152 valence electrons. The van der Waals surface area contributed by atoms with E-state index in [1.807, 2.05) is 39.0 Å². The molecule has 0 spiro atoms. The minimum absolute atomic E-state index is 0. The highest BCUT2D eigenvalue weighted by Gasteiger charge is 2.34. The first-order valence-corrected chi connectivity index (χ1v) is 9.11. The van der Waals surface area contributed by atoms with E-state index in [1.165, 1.54) is 0 Å². The summed E-state index contributed by atoms with van der Waals surface area (Å²) in [5.74, 6) is 0.763. The van der Waals surface area contributed by atoms with Gasteiger partial charge in [-0.05, 0) is 39.3 Å². The number of anilines is 1. The van der Waals surface area contributed by atoms with E-state index < -0.39 is 5.60 Å². The molecule has 1 saturated heterocycles. The molecule has 1 amide bonds. The number of likely N-dealkylation sites (tertiary alicyclic amines) is 1. The number of hydrogen-bond acceptors (Lipinski definition) is 4. The van der Waals surface area contributed by atoms with Crippen molar-refractivity contribution in [3.63, 3.8) is 0 Å². The Hall–Kier alpha value is -1.71. The van der Waals surface area contributed by atoms with Crippen LogP contribution in [0.2, 0.25) is 0 Å². The minimum atomic E-state index is -0.457. The number of hydrogen-bond donors (Lipinski definition) is 3. The second kappa shape index (κ2) is 11.2. The maximum atomic E-state index is 11.9. The molecule has 1 aliphatic rings. The summed E-state index contributed by atoms with van der Waals surface area (Å²) in [4.78, 5) is 17.9. The van der Waals surface area contributed by atoms with Crippen LogP contribution in [0, 0.1) is 0 Å². The molecule has 7 nitrogen and oxygen atoms in total. The van der Waals surface area contributed by atoms with Gasteiger partial charge in [0.05, 0.1) is 6.04 Å². The van der Waals surface area contributed by atoms with Gasteiger partial charge in [-0.1, -0.05) is 18.2 Å². The van der Waals surface area contributed by atoms with Crippen molar-refractivity contribution >= 4 is 41.7 Å². The highest BCUT2D eigenvalue weighted by molar-refractivity contribution is 14.0. The number of para-hydroxylation sites is 1. The third kappa shape index (κ3) is 8.68. The number of benzene rings is 1. The smallest absolute Gasteiger partial charge is 0.410 e. The molecule has 27 heavy (non-hydrogen) atoms.